The molecule has 1 aliphatic heterocycles. The molecule has 0 bridgehead atoms. The number of ketones is 1. The zero-order chi connectivity index (χ0) is 18.0. The normalized spacial score (nSPS) is 16.8. The molecule has 2 amide bonds. The molecule has 1 unspecified atom stereocenters. The van der Waals surface area contributed by atoms with Crippen LogP contribution < -0.4 is 10.2 Å². The van der Waals surface area contributed by atoms with E-state index in [1.54, 1.807) is 29.2 Å². The van der Waals surface area contributed by atoms with Gasteiger partial charge in [-0.25, -0.2) is 0 Å². The number of Topliss-reactive ketones (excluding diaryl/α,β-unsaturated/α-hetero) is 1. The van der Waals surface area contributed by atoms with E-state index in [9.17, 15) is 14.4 Å². The molecule has 2 aromatic carbocycles. The van der Waals surface area contributed by atoms with Gasteiger partial charge in [0.05, 0.1) is 5.92 Å². The third kappa shape index (κ3) is 3.96. The molecule has 1 fully saturated rings. The van der Waals surface area contributed by atoms with Crippen LogP contribution in [0.15, 0.2) is 53.0 Å². The Morgan fingerprint density at radius 3 is 2.32 bits per heavy atom. The van der Waals surface area contributed by atoms with E-state index in [-0.39, 0.29) is 24.0 Å². The zero-order valence-corrected chi connectivity index (χ0v) is 15.2. The van der Waals surface area contributed by atoms with Crippen LogP contribution in [-0.4, -0.2) is 24.1 Å². The van der Waals surface area contributed by atoms with Crippen molar-refractivity contribution < 1.29 is 14.4 Å². The summed E-state index contributed by atoms with van der Waals surface area (Å²) in [4.78, 5) is 37.6. The summed E-state index contributed by atoms with van der Waals surface area (Å²) in [6.45, 7) is 1.85. The van der Waals surface area contributed by atoms with Gasteiger partial charge in [0.25, 0.3) is 0 Å². The van der Waals surface area contributed by atoms with Gasteiger partial charge in [-0.1, -0.05) is 15.9 Å². The molecule has 1 aliphatic rings. The van der Waals surface area contributed by atoms with Gasteiger partial charge in [0, 0.05) is 34.4 Å². The Balaban J connectivity index is 1.66. The monoisotopic (exact) mass is 400 g/mol. The van der Waals surface area contributed by atoms with E-state index in [1.165, 1.54) is 6.92 Å². The molecule has 0 saturated carbocycles. The average molecular weight is 401 g/mol. The lowest BCUT2D eigenvalue weighted by Crippen LogP contribution is -2.28. The Hall–Kier alpha value is -2.47. The Labute approximate surface area is 154 Å². The second kappa shape index (κ2) is 7.19. The average Bonchev–Trinajstić information content (AvgIpc) is 2.98. The zero-order valence-electron chi connectivity index (χ0n) is 13.7. The molecule has 25 heavy (non-hydrogen) atoms. The van der Waals surface area contributed by atoms with Crippen molar-refractivity contribution in [1.29, 1.82) is 0 Å². The predicted molar refractivity (Wildman–Crippen MR) is 99.7 cm³/mol. The Kier molecular flexibility index (Phi) is 4.99. The summed E-state index contributed by atoms with van der Waals surface area (Å²) in [5.41, 5.74) is 1.99. The first-order chi connectivity index (χ1) is 11.9. The number of hydrogen-bond acceptors (Lipinski definition) is 3. The summed E-state index contributed by atoms with van der Waals surface area (Å²) in [6, 6.07) is 14.2. The van der Waals surface area contributed by atoms with Crippen molar-refractivity contribution >= 4 is 44.9 Å². The Morgan fingerprint density at radius 2 is 1.72 bits per heavy atom. The third-order valence-electron chi connectivity index (χ3n) is 4.19. The first-order valence-corrected chi connectivity index (χ1v) is 8.71. The largest absolute Gasteiger partial charge is 0.326 e. The van der Waals surface area contributed by atoms with Crippen LogP contribution in [0.25, 0.3) is 0 Å². The highest BCUT2D eigenvalue weighted by Gasteiger charge is 2.35. The minimum absolute atomic E-state index is 0.0237. The number of halogens is 1. The maximum absolute atomic E-state index is 12.4. The number of carbonyl (C=O) groups excluding carboxylic acids is 3. The van der Waals surface area contributed by atoms with Crippen molar-refractivity contribution in [1.82, 2.24) is 0 Å². The highest BCUT2D eigenvalue weighted by Crippen LogP contribution is 2.27. The van der Waals surface area contributed by atoms with Gasteiger partial charge >= 0.3 is 0 Å². The highest BCUT2D eigenvalue weighted by atomic mass is 79.9. The van der Waals surface area contributed by atoms with E-state index >= 15 is 0 Å². The molecule has 0 aliphatic carbocycles. The van der Waals surface area contributed by atoms with Crippen LogP contribution in [0, 0.1) is 5.92 Å². The smallest absolute Gasteiger partial charge is 0.229 e. The van der Waals surface area contributed by atoms with Crippen LogP contribution >= 0.6 is 15.9 Å². The van der Waals surface area contributed by atoms with Crippen molar-refractivity contribution in [2.45, 2.75) is 13.3 Å². The molecule has 0 radical (unpaired) electrons. The minimum Gasteiger partial charge on any atom is -0.326 e. The van der Waals surface area contributed by atoms with E-state index in [0.29, 0.717) is 17.8 Å². The first-order valence-electron chi connectivity index (χ1n) is 7.92. The van der Waals surface area contributed by atoms with Crippen molar-refractivity contribution in [2.75, 3.05) is 16.8 Å². The van der Waals surface area contributed by atoms with Crippen LogP contribution in [0.4, 0.5) is 11.4 Å². The second-order valence-corrected chi connectivity index (χ2v) is 6.92. The highest BCUT2D eigenvalue weighted by molar-refractivity contribution is 9.10. The van der Waals surface area contributed by atoms with E-state index in [0.717, 1.165) is 10.2 Å². The number of carbonyl (C=O) groups is 3. The molecular formula is C19H17BrN2O3. The lowest BCUT2D eigenvalue weighted by atomic mass is 10.1. The molecule has 1 saturated heterocycles. The van der Waals surface area contributed by atoms with Crippen LogP contribution in [0.5, 0.6) is 0 Å². The van der Waals surface area contributed by atoms with Gasteiger partial charge in [0.1, 0.15) is 0 Å². The maximum atomic E-state index is 12.4. The van der Waals surface area contributed by atoms with E-state index in [1.807, 2.05) is 24.3 Å². The van der Waals surface area contributed by atoms with Gasteiger partial charge in [-0.15, -0.1) is 0 Å². The third-order valence-corrected chi connectivity index (χ3v) is 4.72. The molecule has 6 heteroatoms. The fraction of sp³-hybridized carbons (Fsp3) is 0.211. The number of anilines is 2. The number of rotatable bonds is 4. The van der Waals surface area contributed by atoms with Gasteiger partial charge in [0.15, 0.2) is 5.78 Å². The van der Waals surface area contributed by atoms with E-state index < -0.39 is 5.92 Å². The topological polar surface area (TPSA) is 66.5 Å². The lowest BCUT2D eigenvalue weighted by molar-refractivity contribution is -0.122. The number of benzene rings is 2. The fourth-order valence-electron chi connectivity index (χ4n) is 2.79. The fourth-order valence-corrected chi connectivity index (χ4v) is 3.05. The summed E-state index contributed by atoms with van der Waals surface area (Å²) < 4.78 is 0.936. The number of nitrogens with one attached hydrogen (secondary N) is 1. The van der Waals surface area contributed by atoms with Crippen LogP contribution in [0.3, 0.4) is 0 Å². The number of nitrogens with zero attached hydrogens (tertiary/aromatic N) is 1. The number of hydrogen-bond donors (Lipinski definition) is 1. The van der Waals surface area contributed by atoms with Crippen molar-refractivity contribution in [3.63, 3.8) is 0 Å². The van der Waals surface area contributed by atoms with Crippen molar-refractivity contribution in [3.05, 3.63) is 58.6 Å². The van der Waals surface area contributed by atoms with E-state index in [4.69, 9.17) is 0 Å². The molecule has 1 N–H and O–H groups in total. The SMILES string of the molecule is CC(=O)c1ccc(NC(=O)C2CC(=O)N(c3ccc(Br)cc3)C2)cc1. The summed E-state index contributed by atoms with van der Waals surface area (Å²) in [5.74, 6) is -0.675. The summed E-state index contributed by atoms with van der Waals surface area (Å²) in [5, 5.41) is 2.82. The van der Waals surface area contributed by atoms with Crippen molar-refractivity contribution in [2.24, 2.45) is 5.92 Å². The molecule has 5 nitrogen and oxygen atoms in total. The van der Waals surface area contributed by atoms with Crippen LogP contribution in [0.1, 0.15) is 23.7 Å². The van der Waals surface area contributed by atoms with Gasteiger partial charge in [-0.05, 0) is 55.5 Å². The van der Waals surface area contributed by atoms with Crippen LogP contribution in [0.2, 0.25) is 0 Å². The van der Waals surface area contributed by atoms with Gasteiger partial charge in [0.2, 0.25) is 11.8 Å². The summed E-state index contributed by atoms with van der Waals surface area (Å²) >= 11 is 3.37. The Morgan fingerprint density at radius 1 is 1.08 bits per heavy atom. The molecular weight excluding hydrogens is 384 g/mol. The van der Waals surface area contributed by atoms with Gasteiger partial charge < -0.3 is 10.2 Å². The lowest BCUT2D eigenvalue weighted by Gasteiger charge is -2.16. The minimum atomic E-state index is -0.399. The molecule has 1 heterocycles. The van der Waals surface area contributed by atoms with Crippen molar-refractivity contribution in [3.8, 4) is 0 Å². The first kappa shape index (κ1) is 17.4. The molecule has 3 rings (SSSR count). The summed E-state index contributed by atoms with van der Waals surface area (Å²) in [7, 11) is 0. The van der Waals surface area contributed by atoms with E-state index in [2.05, 4.69) is 21.2 Å². The standard InChI is InChI=1S/C19H17BrN2O3/c1-12(23)13-2-6-16(7-3-13)21-19(25)14-10-18(24)22(11-14)17-8-4-15(20)5-9-17/h2-9,14H,10-11H2,1H3,(H,21,25). The van der Waals surface area contributed by atoms with Gasteiger partial charge in [-0.3, -0.25) is 14.4 Å². The van der Waals surface area contributed by atoms with Crippen LogP contribution in [-0.2, 0) is 9.59 Å². The molecule has 2 aromatic rings. The molecule has 1 atom stereocenters. The quantitative estimate of drug-likeness (QED) is 0.796. The molecule has 0 spiro atoms. The maximum Gasteiger partial charge on any atom is 0.229 e. The molecule has 128 valence electrons. The molecule has 0 aromatic heterocycles. The second-order valence-electron chi connectivity index (χ2n) is 6.00. The Bertz CT molecular complexity index is 816. The number of amides is 2. The predicted octanol–water partition coefficient (Wildman–Crippen LogP) is 3.64. The van der Waals surface area contributed by atoms with Gasteiger partial charge in [-0.2, -0.15) is 0 Å². The summed E-state index contributed by atoms with van der Waals surface area (Å²) in [6.07, 6.45) is 0.188.